The first kappa shape index (κ1) is 18.4. The van der Waals surface area contributed by atoms with Crippen LogP contribution in [0.5, 0.6) is 0 Å². The van der Waals surface area contributed by atoms with Gasteiger partial charge >= 0.3 is 0 Å². The van der Waals surface area contributed by atoms with Crippen LogP contribution in [0.25, 0.3) is 0 Å². The number of likely N-dealkylation sites (tertiary alicyclic amines) is 1. The van der Waals surface area contributed by atoms with Gasteiger partial charge in [0.25, 0.3) is 5.91 Å². The average Bonchev–Trinajstić information content (AvgIpc) is 3.08. The van der Waals surface area contributed by atoms with Gasteiger partial charge in [-0.05, 0) is 50.6 Å². The molecule has 1 saturated carbocycles. The first-order chi connectivity index (χ1) is 12.1. The summed E-state index contributed by atoms with van der Waals surface area (Å²) in [5, 5.41) is 17.6. The van der Waals surface area contributed by atoms with Gasteiger partial charge in [0, 0.05) is 26.3 Å². The molecule has 0 bridgehead atoms. The molecule has 1 amide bonds. The van der Waals surface area contributed by atoms with Crippen LogP contribution in [0.3, 0.4) is 0 Å². The number of carbonyl (C=O) groups is 1. The van der Waals surface area contributed by atoms with Crippen molar-refractivity contribution < 1.29 is 9.90 Å². The second-order valence-electron chi connectivity index (χ2n) is 7.82. The minimum Gasteiger partial charge on any atom is -0.392 e. The maximum absolute atomic E-state index is 12.1. The molecule has 2 N–H and O–H groups in total. The van der Waals surface area contributed by atoms with Crippen molar-refractivity contribution >= 4 is 5.91 Å². The van der Waals surface area contributed by atoms with E-state index in [4.69, 9.17) is 0 Å². The standard InChI is InChI=1S/C19H32N4O2/c1-22-13-17(12-21-22)19(25)20-11-15-7-9-23(10-8-15)14-18(24)16-5-3-2-4-6-16/h12-13,15-16,18,24H,2-11,14H2,1H3,(H,20,25). The smallest absolute Gasteiger partial charge is 0.254 e. The van der Waals surface area contributed by atoms with Crippen LogP contribution in [-0.2, 0) is 7.05 Å². The highest BCUT2D eigenvalue weighted by Gasteiger charge is 2.26. The van der Waals surface area contributed by atoms with Gasteiger partial charge in [-0.15, -0.1) is 0 Å². The summed E-state index contributed by atoms with van der Waals surface area (Å²) in [4.78, 5) is 14.5. The van der Waals surface area contributed by atoms with Crippen molar-refractivity contribution in [1.29, 1.82) is 0 Å². The molecule has 0 radical (unpaired) electrons. The molecule has 3 rings (SSSR count). The summed E-state index contributed by atoms with van der Waals surface area (Å²) >= 11 is 0. The molecule has 6 nitrogen and oxygen atoms in total. The van der Waals surface area contributed by atoms with Crippen LogP contribution >= 0.6 is 0 Å². The number of hydrogen-bond acceptors (Lipinski definition) is 4. The second kappa shape index (κ2) is 8.81. The number of piperidine rings is 1. The van der Waals surface area contributed by atoms with E-state index >= 15 is 0 Å². The number of aliphatic hydroxyl groups is 1. The maximum Gasteiger partial charge on any atom is 0.254 e. The van der Waals surface area contributed by atoms with E-state index in [0.717, 1.165) is 39.0 Å². The number of hydrogen-bond donors (Lipinski definition) is 2. The van der Waals surface area contributed by atoms with Crippen molar-refractivity contribution in [2.24, 2.45) is 18.9 Å². The van der Waals surface area contributed by atoms with Crippen molar-refractivity contribution in [2.75, 3.05) is 26.2 Å². The first-order valence-corrected chi connectivity index (χ1v) is 9.79. The average molecular weight is 348 g/mol. The minimum atomic E-state index is -0.165. The first-order valence-electron chi connectivity index (χ1n) is 9.79. The molecule has 1 atom stereocenters. The normalized spacial score (nSPS) is 22.0. The van der Waals surface area contributed by atoms with Gasteiger partial charge in [-0.2, -0.15) is 5.10 Å². The Morgan fingerprint density at radius 2 is 2.00 bits per heavy atom. The molecule has 1 unspecified atom stereocenters. The van der Waals surface area contributed by atoms with Crippen LogP contribution in [0.1, 0.15) is 55.3 Å². The SMILES string of the molecule is Cn1cc(C(=O)NCC2CCN(CC(O)C3CCCCC3)CC2)cn1. The largest absolute Gasteiger partial charge is 0.392 e. The van der Waals surface area contributed by atoms with Crippen LogP contribution < -0.4 is 5.32 Å². The van der Waals surface area contributed by atoms with Gasteiger partial charge in [-0.1, -0.05) is 19.3 Å². The zero-order valence-corrected chi connectivity index (χ0v) is 15.4. The van der Waals surface area contributed by atoms with Gasteiger partial charge in [0.1, 0.15) is 0 Å². The van der Waals surface area contributed by atoms with E-state index in [2.05, 4.69) is 15.3 Å². The molecule has 0 spiro atoms. The summed E-state index contributed by atoms with van der Waals surface area (Å²) in [6.07, 6.45) is 11.6. The lowest BCUT2D eigenvalue weighted by atomic mass is 9.85. The van der Waals surface area contributed by atoms with Crippen LogP contribution in [0.4, 0.5) is 0 Å². The Balaban J connectivity index is 1.35. The molecule has 1 aliphatic heterocycles. The third-order valence-corrected chi connectivity index (χ3v) is 5.86. The molecule has 1 saturated heterocycles. The van der Waals surface area contributed by atoms with E-state index in [1.54, 1.807) is 17.1 Å². The third kappa shape index (κ3) is 5.28. The fraction of sp³-hybridized carbons (Fsp3) is 0.789. The van der Waals surface area contributed by atoms with E-state index < -0.39 is 0 Å². The minimum absolute atomic E-state index is 0.0387. The molecule has 6 heteroatoms. The quantitative estimate of drug-likeness (QED) is 0.822. The Hall–Kier alpha value is -1.40. The molecule has 1 aromatic heterocycles. The number of carbonyl (C=O) groups excluding carboxylic acids is 1. The van der Waals surface area contributed by atoms with E-state index in [9.17, 15) is 9.90 Å². The summed E-state index contributed by atoms with van der Waals surface area (Å²) in [6, 6.07) is 0. The molecule has 2 fully saturated rings. The molecule has 140 valence electrons. The number of amides is 1. The van der Waals surface area contributed by atoms with Gasteiger partial charge in [-0.3, -0.25) is 9.48 Å². The Labute approximate surface area is 150 Å². The number of aliphatic hydroxyl groups excluding tert-OH is 1. The summed E-state index contributed by atoms with van der Waals surface area (Å²) in [6.45, 7) is 3.60. The van der Waals surface area contributed by atoms with E-state index in [-0.39, 0.29) is 12.0 Å². The molecule has 2 heterocycles. The van der Waals surface area contributed by atoms with Crippen molar-refractivity contribution in [3.8, 4) is 0 Å². The predicted molar refractivity (Wildman–Crippen MR) is 97.3 cm³/mol. The Kier molecular flexibility index (Phi) is 6.48. The topological polar surface area (TPSA) is 70.4 Å². The van der Waals surface area contributed by atoms with E-state index in [1.165, 1.54) is 32.1 Å². The van der Waals surface area contributed by atoms with Crippen LogP contribution in [-0.4, -0.2) is 58.0 Å². The lowest BCUT2D eigenvalue weighted by Gasteiger charge is -2.35. The molecule has 1 aromatic rings. The van der Waals surface area contributed by atoms with E-state index in [1.807, 2.05) is 7.05 Å². The van der Waals surface area contributed by atoms with Gasteiger partial charge in [0.15, 0.2) is 0 Å². The van der Waals surface area contributed by atoms with Crippen molar-refractivity contribution in [1.82, 2.24) is 20.0 Å². The molecular weight excluding hydrogens is 316 g/mol. The predicted octanol–water partition coefficient (Wildman–Crippen LogP) is 1.80. The van der Waals surface area contributed by atoms with Gasteiger partial charge < -0.3 is 15.3 Å². The van der Waals surface area contributed by atoms with Gasteiger partial charge in [0.05, 0.1) is 17.9 Å². The number of nitrogens with one attached hydrogen (secondary N) is 1. The number of β-amino-alcohol motifs (C(OH)–C–C–N with tert-alkyl or cyclic N) is 1. The lowest BCUT2D eigenvalue weighted by molar-refractivity contribution is 0.0364. The van der Waals surface area contributed by atoms with Crippen LogP contribution in [0, 0.1) is 11.8 Å². The van der Waals surface area contributed by atoms with Crippen LogP contribution in [0.15, 0.2) is 12.4 Å². The maximum atomic E-state index is 12.1. The van der Waals surface area contributed by atoms with E-state index in [0.29, 0.717) is 17.4 Å². The molecule has 25 heavy (non-hydrogen) atoms. The number of aromatic nitrogens is 2. The fourth-order valence-electron chi connectivity index (χ4n) is 4.18. The number of rotatable bonds is 6. The molecular formula is C19H32N4O2. The number of aryl methyl sites for hydroxylation is 1. The summed E-state index contributed by atoms with van der Waals surface area (Å²) in [7, 11) is 1.81. The van der Waals surface area contributed by atoms with Crippen molar-refractivity contribution in [3.63, 3.8) is 0 Å². The van der Waals surface area contributed by atoms with Gasteiger partial charge in [-0.25, -0.2) is 0 Å². The third-order valence-electron chi connectivity index (χ3n) is 5.86. The highest BCUT2D eigenvalue weighted by molar-refractivity contribution is 5.93. The van der Waals surface area contributed by atoms with Gasteiger partial charge in [0.2, 0.25) is 0 Å². The molecule has 1 aliphatic carbocycles. The second-order valence-corrected chi connectivity index (χ2v) is 7.82. The lowest BCUT2D eigenvalue weighted by Crippen LogP contribution is -2.43. The zero-order chi connectivity index (χ0) is 17.6. The zero-order valence-electron chi connectivity index (χ0n) is 15.4. The summed E-state index contributed by atoms with van der Waals surface area (Å²) in [5.74, 6) is 0.997. The summed E-state index contributed by atoms with van der Waals surface area (Å²) < 4.78 is 1.64. The van der Waals surface area contributed by atoms with Crippen molar-refractivity contribution in [2.45, 2.75) is 51.0 Å². The fourth-order valence-corrected chi connectivity index (χ4v) is 4.18. The molecule has 0 aromatic carbocycles. The monoisotopic (exact) mass is 348 g/mol. The summed E-state index contributed by atoms with van der Waals surface area (Å²) in [5.41, 5.74) is 0.621. The Morgan fingerprint density at radius 3 is 2.64 bits per heavy atom. The Bertz CT molecular complexity index is 545. The van der Waals surface area contributed by atoms with Crippen LogP contribution in [0.2, 0.25) is 0 Å². The number of nitrogens with zero attached hydrogens (tertiary/aromatic N) is 3. The highest BCUT2D eigenvalue weighted by atomic mass is 16.3. The Morgan fingerprint density at radius 1 is 1.28 bits per heavy atom. The highest BCUT2D eigenvalue weighted by Crippen LogP contribution is 2.27. The molecule has 2 aliphatic rings. The van der Waals surface area contributed by atoms with Crippen molar-refractivity contribution in [3.05, 3.63) is 18.0 Å².